The number of ketones is 4. The van der Waals surface area contributed by atoms with E-state index in [4.69, 9.17) is 0 Å². The first kappa shape index (κ1) is 34.0. The van der Waals surface area contributed by atoms with Gasteiger partial charge < -0.3 is 30.2 Å². The highest BCUT2D eigenvalue weighted by atomic mass is 16.1. The molecule has 8 rings (SSSR count). The van der Waals surface area contributed by atoms with E-state index in [9.17, 15) is 19.2 Å². The minimum Gasteiger partial charge on any atom is -0.384 e. The van der Waals surface area contributed by atoms with Crippen LogP contribution in [0.5, 0.6) is 0 Å². The van der Waals surface area contributed by atoms with Crippen molar-refractivity contribution in [2.24, 2.45) is 0 Å². The number of nitrogens with one attached hydrogen (secondary N) is 2. The quantitative estimate of drug-likeness (QED) is 0.131. The zero-order valence-electron chi connectivity index (χ0n) is 29.6. The van der Waals surface area contributed by atoms with Crippen LogP contribution in [0.2, 0.25) is 0 Å². The number of hydrogen-bond donors (Lipinski definition) is 2. The van der Waals surface area contributed by atoms with Crippen molar-refractivity contribution in [3.63, 3.8) is 0 Å². The largest absolute Gasteiger partial charge is 0.384 e. The lowest BCUT2D eigenvalue weighted by molar-refractivity contribution is 0.0979. The Morgan fingerprint density at radius 2 is 0.736 bits per heavy atom. The van der Waals surface area contributed by atoms with Gasteiger partial charge in [-0.1, -0.05) is 72.8 Å². The molecule has 2 heterocycles. The number of carbonyl (C=O) groups is 4. The van der Waals surface area contributed by atoms with Crippen LogP contribution in [0.15, 0.2) is 110 Å². The molecule has 4 aliphatic rings. The van der Waals surface area contributed by atoms with E-state index in [0.717, 1.165) is 58.8 Å². The maximum atomic E-state index is 13.3. The van der Waals surface area contributed by atoms with Gasteiger partial charge in [-0.25, -0.2) is 0 Å². The molecule has 0 fully saturated rings. The van der Waals surface area contributed by atoms with E-state index in [1.54, 1.807) is 60.7 Å². The summed E-state index contributed by atoms with van der Waals surface area (Å²) in [5.74, 6) is -0.402. The number of rotatable bonds is 14. The normalized spacial score (nSPS) is 15.5. The third-order valence-corrected chi connectivity index (χ3v) is 10.4. The van der Waals surface area contributed by atoms with Gasteiger partial charge in [0, 0.05) is 109 Å². The Labute approximate surface area is 309 Å². The lowest BCUT2D eigenvalue weighted by Crippen LogP contribution is -2.31. The highest BCUT2D eigenvalue weighted by molar-refractivity contribution is 6.31. The van der Waals surface area contributed by atoms with Gasteiger partial charge >= 0.3 is 0 Å². The zero-order chi connectivity index (χ0) is 36.3. The summed E-state index contributed by atoms with van der Waals surface area (Å²) >= 11 is 0. The van der Waals surface area contributed by atoms with Gasteiger partial charge in [0.15, 0.2) is 23.1 Å². The fourth-order valence-corrected chi connectivity index (χ4v) is 7.69. The van der Waals surface area contributed by atoms with Gasteiger partial charge in [0.25, 0.3) is 0 Å². The maximum Gasteiger partial charge on any atom is 0.196 e. The van der Waals surface area contributed by atoms with Crippen molar-refractivity contribution in [3.05, 3.63) is 154 Å². The van der Waals surface area contributed by atoms with Crippen LogP contribution < -0.4 is 10.6 Å². The summed E-state index contributed by atoms with van der Waals surface area (Å²) < 4.78 is 0. The SMILES string of the molecule is O=C1c2ccccc2C(=O)c2c(NCCCN3C=CN(CCCN4C=CN(CCCNc5cccc6c5C(=O)c5ccccc5C6=O)C4)C3)cccc21. The average Bonchev–Trinajstić information content (AvgIpc) is 3.85. The predicted octanol–water partition coefficient (Wildman–Crippen LogP) is 6.02. The molecule has 0 unspecified atom stereocenters. The van der Waals surface area contributed by atoms with Gasteiger partial charge in [0.05, 0.1) is 24.5 Å². The second-order valence-electron chi connectivity index (χ2n) is 13.9. The van der Waals surface area contributed by atoms with Gasteiger partial charge in [0.2, 0.25) is 0 Å². The number of anilines is 2. The average molecular weight is 707 g/mol. The highest BCUT2D eigenvalue weighted by Gasteiger charge is 2.32. The Balaban J connectivity index is 0.716. The molecule has 4 aromatic carbocycles. The Kier molecular flexibility index (Phi) is 9.50. The van der Waals surface area contributed by atoms with Crippen LogP contribution in [0.3, 0.4) is 0 Å². The molecule has 268 valence electrons. The van der Waals surface area contributed by atoms with Gasteiger partial charge in [0.1, 0.15) is 0 Å². The summed E-state index contributed by atoms with van der Waals surface area (Å²) in [6.45, 7) is 6.83. The molecule has 2 aliphatic heterocycles. The van der Waals surface area contributed by atoms with Crippen molar-refractivity contribution in [1.29, 1.82) is 0 Å². The van der Waals surface area contributed by atoms with E-state index in [1.807, 2.05) is 24.3 Å². The minimum absolute atomic E-state index is 0.0992. The maximum absolute atomic E-state index is 13.3. The second-order valence-corrected chi connectivity index (χ2v) is 13.9. The van der Waals surface area contributed by atoms with Crippen LogP contribution in [0.25, 0.3) is 0 Å². The molecule has 4 aromatic rings. The molecule has 0 atom stereocenters. The lowest BCUT2D eigenvalue weighted by Gasteiger charge is -2.24. The Morgan fingerprint density at radius 3 is 1.13 bits per heavy atom. The Hall–Kier alpha value is -6.16. The van der Waals surface area contributed by atoms with E-state index < -0.39 is 0 Å². The molecule has 10 nitrogen and oxygen atoms in total. The Bertz CT molecular complexity index is 2010. The van der Waals surface area contributed by atoms with Gasteiger partial charge in [-0.05, 0) is 31.4 Å². The first-order valence-electron chi connectivity index (χ1n) is 18.4. The Morgan fingerprint density at radius 1 is 0.396 bits per heavy atom. The molecule has 0 radical (unpaired) electrons. The van der Waals surface area contributed by atoms with Crippen LogP contribution in [0, 0.1) is 0 Å². The fourth-order valence-electron chi connectivity index (χ4n) is 7.69. The van der Waals surface area contributed by atoms with Crippen molar-refractivity contribution in [2.45, 2.75) is 19.3 Å². The molecular formula is C43H42N6O4. The molecule has 2 aliphatic carbocycles. The molecule has 0 spiro atoms. The molecule has 0 saturated carbocycles. The third kappa shape index (κ3) is 6.80. The summed E-state index contributed by atoms with van der Waals surface area (Å²) in [6, 6.07) is 25.0. The van der Waals surface area contributed by atoms with Crippen LogP contribution in [-0.4, -0.2) is 95.3 Å². The van der Waals surface area contributed by atoms with Crippen molar-refractivity contribution in [3.8, 4) is 0 Å². The van der Waals surface area contributed by atoms with E-state index in [1.165, 1.54) is 0 Å². The molecule has 0 aromatic heterocycles. The smallest absolute Gasteiger partial charge is 0.196 e. The summed E-state index contributed by atoms with van der Waals surface area (Å²) in [7, 11) is 0. The third-order valence-electron chi connectivity index (χ3n) is 10.4. The first-order valence-corrected chi connectivity index (χ1v) is 18.4. The summed E-state index contributed by atoms with van der Waals surface area (Å²) in [4.78, 5) is 61.9. The monoisotopic (exact) mass is 706 g/mol. The van der Waals surface area contributed by atoms with Gasteiger partial charge in [-0.2, -0.15) is 0 Å². The number of benzene rings is 4. The van der Waals surface area contributed by atoms with Crippen LogP contribution in [-0.2, 0) is 0 Å². The molecule has 0 saturated heterocycles. The topological polar surface area (TPSA) is 105 Å². The van der Waals surface area contributed by atoms with E-state index >= 15 is 0 Å². The van der Waals surface area contributed by atoms with Crippen molar-refractivity contribution in [1.82, 2.24) is 19.6 Å². The molecular weight excluding hydrogens is 665 g/mol. The minimum atomic E-state index is -0.102. The number of hydrogen-bond acceptors (Lipinski definition) is 10. The van der Waals surface area contributed by atoms with E-state index in [2.05, 4.69) is 55.0 Å². The molecule has 53 heavy (non-hydrogen) atoms. The molecule has 0 amide bonds. The van der Waals surface area contributed by atoms with E-state index in [-0.39, 0.29) is 23.1 Å². The van der Waals surface area contributed by atoms with Crippen LogP contribution in [0.4, 0.5) is 11.4 Å². The van der Waals surface area contributed by atoms with Crippen LogP contribution in [0.1, 0.15) is 82.9 Å². The molecule has 2 N–H and O–H groups in total. The number of carbonyl (C=O) groups excluding carboxylic acids is 4. The predicted molar refractivity (Wildman–Crippen MR) is 205 cm³/mol. The molecule has 0 bridgehead atoms. The summed E-state index contributed by atoms with van der Waals surface area (Å²) in [6.07, 6.45) is 11.4. The summed E-state index contributed by atoms with van der Waals surface area (Å²) in [5, 5.41) is 6.84. The highest BCUT2D eigenvalue weighted by Crippen LogP contribution is 2.33. The lowest BCUT2D eigenvalue weighted by atomic mass is 9.83. The van der Waals surface area contributed by atoms with Gasteiger partial charge in [-0.3, -0.25) is 19.2 Å². The second kappa shape index (κ2) is 14.8. The van der Waals surface area contributed by atoms with Crippen LogP contribution >= 0.6 is 0 Å². The van der Waals surface area contributed by atoms with Crippen molar-refractivity contribution < 1.29 is 19.2 Å². The standard InChI is InChI=1S/C43H42N6O4/c50-40-30-10-1-3-12-32(30)42(52)38-34(40)14-5-16-36(38)44-18-7-20-46-24-26-48(28-46)22-9-23-49-27-25-47(29-49)21-8-19-45-37-17-6-15-35-39(37)43(53)33-13-4-2-11-31(33)41(35)51/h1-6,10-17,24-27,44-45H,7-9,18-23,28-29H2. The molecule has 10 heteroatoms. The van der Waals surface area contributed by atoms with Crippen molar-refractivity contribution in [2.75, 3.05) is 63.2 Å². The number of fused-ring (bicyclic) bond motifs is 4. The van der Waals surface area contributed by atoms with Gasteiger partial charge in [-0.15, -0.1) is 0 Å². The zero-order valence-corrected chi connectivity index (χ0v) is 29.6. The van der Waals surface area contributed by atoms with Crippen molar-refractivity contribution >= 4 is 34.5 Å². The summed E-state index contributed by atoms with van der Waals surface area (Å²) in [5.41, 5.74) is 5.21. The fraction of sp³-hybridized carbons (Fsp3) is 0.256. The first-order chi connectivity index (χ1) is 26.0. The number of nitrogens with zero attached hydrogens (tertiary/aromatic N) is 4. The van der Waals surface area contributed by atoms with E-state index in [0.29, 0.717) is 69.0 Å².